The number of hydrogen-bond donors (Lipinski definition) is 0. The highest BCUT2D eigenvalue weighted by Crippen LogP contribution is 2.20. The van der Waals surface area contributed by atoms with Crippen molar-refractivity contribution in [3.8, 4) is 0 Å². The Morgan fingerprint density at radius 3 is 2.80 bits per heavy atom. The maximum Gasteiger partial charge on any atom is 0.0489 e. The van der Waals surface area contributed by atoms with Crippen LogP contribution >= 0.6 is 11.6 Å². The van der Waals surface area contributed by atoms with E-state index in [1.807, 2.05) is 0 Å². The Hall–Kier alpha value is 0.250. The molecule has 0 N–H and O–H groups in total. The van der Waals surface area contributed by atoms with Crippen LogP contribution in [0.2, 0.25) is 0 Å². The van der Waals surface area contributed by atoms with Gasteiger partial charge in [0.25, 0.3) is 0 Å². The van der Waals surface area contributed by atoms with Crippen molar-refractivity contribution in [3.63, 3.8) is 0 Å². The molecule has 1 nitrogen and oxygen atoms in total. The molecule has 0 aromatic heterocycles. The molecular weight excluding hydrogens is 146 g/mol. The molecule has 2 atom stereocenters. The van der Waals surface area contributed by atoms with Gasteiger partial charge < -0.3 is 4.90 Å². The summed E-state index contributed by atoms with van der Waals surface area (Å²) in [5.41, 5.74) is 0. The normalized spacial score (nSPS) is 36.3. The molecule has 0 radical (unpaired) electrons. The lowest BCUT2D eigenvalue weighted by Gasteiger charge is -2.32. The first-order valence-corrected chi connectivity index (χ1v) is 4.54. The van der Waals surface area contributed by atoms with E-state index in [2.05, 4.69) is 18.7 Å². The highest BCUT2D eigenvalue weighted by atomic mass is 35.5. The number of likely N-dealkylation sites (tertiary alicyclic amines) is 1. The molecule has 1 aliphatic rings. The monoisotopic (exact) mass is 161 g/mol. The predicted molar refractivity (Wildman–Crippen MR) is 45.5 cm³/mol. The first-order valence-electron chi connectivity index (χ1n) is 4.10. The van der Waals surface area contributed by atoms with E-state index in [4.69, 9.17) is 11.6 Å². The predicted octanol–water partition coefficient (Wildman–Crippen LogP) is 1.96. The minimum Gasteiger partial charge on any atom is -0.302 e. The van der Waals surface area contributed by atoms with Gasteiger partial charge in [0.2, 0.25) is 0 Å². The fraction of sp³-hybridized carbons (Fsp3) is 1.00. The van der Waals surface area contributed by atoms with Crippen LogP contribution in [0.15, 0.2) is 0 Å². The smallest absolute Gasteiger partial charge is 0.0489 e. The quantitative estimate of drug-likeness (QED) is 0.532. The lowest BCUT2D eigenvalue weighted by atomic mass is 9.99. The van der Waals surface area contributed by atoms with Gasteiger partial charge in [-0.3, -0.25) is 0 Å². The Balaban J connectivity index is 2.33. The lowest BCUT2D eigenvalue weighted by molar-refractivity contribution is 0.205. The molecule has 10 heavy (non-hydrogen) atoms. The summed E-state index contributed by atoms with van der Waals surface area (Å²) in [7, 11) is 0. The Kier molecular flexibility index (Phi) is 2.99. The second-order valence-electron chi connectivity index (χ2n) is 3.18. The Bertz CT molecular complexity index is 105. The summed E-state index contributed by atoms with van der Waals surface area (Å²) < 4.78 is 0. The van der Waals surface area contributed by atoms with Gasteiger partial charge in [-0.2, -0.15) is 0 Å². The molecule has 0 aromatic rings. The van der Waals surface area contributed by atoms with Crippen molar-refractivity contribution < 1.29 is 0 Å². The van der Waals surface area contributed by atoms with E-state index < -0.39 is 0 Å². The molecule has 1 aliphatic heterocycles. The van der Waals surface area contributed by atoms with E-state index in [0.717, 1.165) is 13.1 Å². The fourth-order valence-electron chi connectivity index (χ4n) is 1.37. The van der Waals surface area contributed by atoms with Crippen LogP contribution in [0.25, 0.3) is 0 Å². The summed E-state index contributed by atoms with van der Waals surface area (Å²) in [5, 5.41) is 0.383. The zero-order valence-corrected chi connectivity index (χ0v) is 7.56. The number of alkyl halides is 1. The van der Waals surface area contributed by atoms with Crippen LogP contribution in [-0.2, 0) is 0 Å². The van der Waals surface area contributed by atoms with Crippen LogP contribution in [0, 0.1) is 5.92 Å². The van der Waals surface area contributed by atoms with Crippen molar-refractivity contribution in [1.29, 1.82) is 0 Å². The molecule has 1 fully saturated rings. The SMILES string of the molecule is CCN1CCC(C)C(Cl)C1. The average Bonchev–Trinajstić information content (AvgIpc) is 1.95. The summed E-state index contributed by atoms with van der Waals surface area (Å²) in [6.07, 6.45) is 1.27. The van der Waals surface area contributed by atoms with Crippen LogP contribution in [0.3, 0.4) is 0 Å². The van der Waals surface area contributed by atoms with Crippen LogP contribution < -0.4 is 0 Å². The molecule has 1 heterocycles. The van der Waals surface area contributed by atoms with Gasteiger partial charge in [-0.25, -0.2) is 0 Å². The van der Waals surface area contributed by atoms with Gasteiger partial charge in [0.05, 0.1) is 0 Å². The number of piperidine rings is 1. The van der Waals surface area contributed by atoms with E-state index in [1.165, 1.54) is 13.0 Å². The van der Waals surface area contributed by atoms with Crippen molar-refractivity contribution in [1.82, 2.24) is 4.90 Å². The lowest BCUT2D eigenvalue weighted by Crippen LogP contribution is -2.39. The van der Waals surface area contributed by atoms with E-state index in [0.29, 0.717) is 11.3 Å². The second-order valence-corrected chi connectivity index (χ2v) is 3.74. The molecule has 1 rings (SSSR count). The van der Waals surface area contributed by atoms with Gasteiger partial charge in [-0.05, 0) is 25.4 Å². The van der Waals surface area contributed by atoms with E-state index in [1.54, 1.807) is 0 Å². The van der Waals surface area contributed by atoms with Gasteiger partial charge in [0, 0.05) is 11.9 Å². The first kappa shape index (κ1) is 8.35. The molecule has 0 spiro atoms. The maximum absolute atomic E-state index is 6.10. The molecule has 0 bridgehead atoms. The number of nitrogens with zero attached hydrogens (tertiary/aromatic N) is 1. The summed E-state index contributed by atoms with van der Waals surface area (Å²) in [6, 6.07) is 0. The summed E-state index contributed by atoms with van der Waals surface area (Å²) in [4.78, 5) is 2.41. The first-order chi connectivity index (χ1) is 4.74. The Morgan fingerprint density at radius 2 is 2.30 bits per heavy atom. The minimum atomic E-state index is 0.383. The largest absolute Gasteiger partial charge is 0.302 e. The van der Waals surface area contributed by atoms with Crippen LogP contribution in [0.1, 0.15) is 20.3 Å². The molecule has 2 heteroatoms. The van der Waals surface area contributed by atoms with Gasteiger partial charge in [-0.1, -0.05) is 13.8 Å². The molecule has 0 aromatic carbocycles. The highest BCUT2D eigenvalue weighted by Gasteiger charge is 2.22. The van der Waals surface area contributed by atoms with E-state index in [9.17, 15) is 0 Å². The van der Waals surface area contributed by atoms with Gasteiger partial charge >= 0.3 is 0 Å². The van der Waals surface area contributed by atoms with Gasteiger partial charge in [0.15, 0.2) is 0 Å². The standard InChI is InChI=1S/C8H16ClN/c1-3-10-5-4-7(2)8(9)6-10/h7-8H,3-6H2,1-2H3. The van der Waals surface area contributed by atoms with Gasteiger partial charge in [0.1, 0.15) is 0 Å². The van der Waals surface area contributed by atoms with Crippen molar-refractivity contribution in [2.75, 3.05) is 19.6 Å². The third-order valence-corrected chi connectivity index (χ3v) is 2.97. The topological polar surface area (TPSA) is 3.24 Å². The molecule has 1 saturated heterocycles. The van der Waals surface area contributed by atoms with Gasteiger partial charge in [-0.15, -0.1) is 11.6 Å². The summed E-state index contributed by atoms with van der Waals surface area (Å²) in [6.45, 7) is 7.90. The Labute approximate surface area is 68.4 Å². The third-order valence-electron chi connectivity index (χ3n) is 2.40. The summed E-state index contributed by atoms with van der Waals surface area (Å²) in [5.74, 6) is 0.712. The van der Waals surface area contributed by atoms with Crippen molar-refractivity contribution in [3.05, 3.63) is 0 Å². The van der Waals surface area contributed by atoms with E-state index >= 15 is 0 Å². The van der Waals surface area contributed by atoms with E-state index in [-0.39, 0.29) is 0 Å². The zero-order chi connectivity index (χ0) is 7.56. The summed E-state index contributed by atoms with van der Waals surface area (Å²) >= 11 is 6.10. The number of hydrogen-bond acceptors (Lipinski definition) is 1. The van der Waals surface area contributed by atoms with Crippen molar-refractivity contribution >= 4 is 11.6 Å². The second kappa shape index (κ2) is 3.59. The molecule has 2 unspecified atom stereocenters. The van der Waals surface area contributed by atoms with Crippen LogP contribution in [0.5, 0.6) is 0 Å². The maximum atomic E-state index is 6.10. The molecular formula is C8H16ClN. The molecule has 0 aliphatic carbocycles. The molecule has 0 saturated carbocycles. The number of rotatable bonds is 1. The highest BCUT2D eigenvalue weighted by molar-refractivity contribution is 6.21. The van der Waals surface area contributed by atoms with Crippen LogP contribution in [-0.4, -0.2) is 29.9 Å². The zero-order valence-electron chi connectivity index (χ0n) is 6.81. The fourth-order valence-corrected chi connectivity index (χ4v) is 1.69. The average molecular weight is 162 g/mol. The minimum absolute atomic E-state index is 0.383. The Morgan fingerprint density at radius 1 is 1.60 bits per heavy atom. The number of halogens is 1. The van der Waals surface area contributed by atoms with Crippen molar-refractivity contribution in [2.24, 2.45) is 5.92 Å². The van der Waals surface area contributed by atoms with Crippen molar-refractivity contribution in [2.45, 2.75) is 25.6 Å². The molecule has 60 valence electrons. The molecule has 0 amide bonds. The third kappa shape index (κ3) is 1.86. The van der Waals surface area contributed by atoms with Crippen LogP contribution in [0.4, 0.5) is 0 Å².